The van der Waals surface area contributed by atoms with Crippen LogP contribution in [0.15, 0.2) is 59.6 Å². The van der Waals surface area contributed by atoms with Crippen LogP contribution < -0.4 is 10.6 Å². The number of nitrogens with one attached hydrogen (secondary N) is 2. The summed E-state index contributed by atoms with van der Waals surface area (Å²) < 4.78 is 0. The quantitative estimate of drug-likeness (QED) is 0.370. The molecule has 4 nitrogen and oxygen atoms in total. The maximum atomic E-state index is 9.42. The van der Waals surface area contributed by atoms with Crippen LogP contribution in [-0.4, -0.2) is 17.1 Å². The fourth-order valence-electron chi connectivity index (χ4n) is 2.39. The molecular weight excluding hydrogens is 413 g/mol. The van der Waals surface area contributed by atoms with E-state index in [1.165, 1.54) is 18.4 Å². The highest BCUT2D eigenvalue weighted by atomic mass is 127. The van der Waals surface area contributed by atoms with E-state index in [0.717, 1.165) is 17.1 Å². The minimum Gasteiger partial charge on any atom is -0.392 e. The van der Waals surface area contributed by atoms with Crippen LogP contribution in [0.1, 0.15) is 29.5 Å². The summed E-state index contributed by atoms with van der Waals surface area (Å²) in [7, 11) is 0. The lowest BCUT2D eigenvalue weighted by molar-refractivity contribution is 0.280. The van der Waals surface area contributed by atoms with E-state index >= 15 is 0 Å². The molecule has 0 amide bonds. The fraction of sp³-hybridized carbons (Fsp3) is 0.316. The van der Waals surface area contributed by atoms with Crippen molar-refractivity contribution in [2.24, 2.45) is 4.99 Å². The zero-order valence-electron chi connectivity index (χ0n) is 13.6. The van der Waals surface area contributed by atoms with Crippen molar-refractivity contribution in [3.8, 4) is 0 Å². The fourth-order valence-corrected chi connectivity index (χ4v) is 2.39. The van der Waals surface area contributed by atoms with Gasteiger partial charge in [0.1, 0.15) is 0 Å². The zero-order chi connectivity index (χ0) is 15.9. The number of hydrogen-bond acceptors (Lipinski definition) is 2. The molecule has 1 saturated carbocycles. The topological polar surface area (TPSA) is 56.6 Å². The Morgan fingerprint density at radius 3 is 2.33 bits per heavy atom. The Kier molecular flexibility index (Phi) is 7.52. The van der Waals surface area contributed by atoms with E-state index in [9.17, 15) is 5.11 Å². The Balaban J connectivity index is 0.00000208. The van der Waals surface area contributed by atoms with Gasteiger partial charge in [-0.25, -0.2) is 4.99 Å². The molecule has 0 spiro atoms. The average Bonchev–Trinajstić information content (AvgIpc) is 3.42. The number of aliphatic imine (C=N–C) groups is 1. The van der Waals surface area contributed by atoms with E-state index in [2.05, 4.69) is 27.8 Å². The second kappa shape index (κ2) is 9.64. The molecule has 128 valence electrons. The number of aliphatic hydroxyl groups is 1. The van der Waals surface area contributed by atoms with Crippen LogP contribution >= 0.6 is 24.0 Å². The molecule has 0 unspecified atom stereocenters. The van der Waals surface area contributed by atoms with Crippen LogP contribution in [0.25, 0.3) is 0 Å². The summed E-state index contributed by atoms with van der Waals surface area (Å²) in [5, 5.41) is 16.2. The van der Waals surface area contributed by atoms with Gasteiger partial charge >= 0.3 is 0 Å². The molecule has 0 bridgehead atoms. The molecular formula is C19H24IN3O. The molecule has 0 aliphatic heterocycles. The van der Waals surface area contributed by atoms with Crippen molar-refractivity contribution < 1.29 is 5.11 Å². The molecule has 1 aliphatic rings. The Morgan fingerprint density at radius 1 is 1.00 bits per heavy atom. The van der Waals surface area contributed by atoms with Gasteiger partial charge in [0.05, 0.1) is 13.2 Å². The number of guanidine groups is 1. The first-order valence-electron chi connectivity index (χ1n) is 8.11. The molecule has 0 radical (unpaired) electrons. The molecule has 0 atom stereocenters. The van der Waals surface area contributed by atoms with E-state index in [0.29, 0.717) is 19.1 Å². The molecule has 24 heavy (non-hydrogen) atoms. The van der Waals surface area contributed by atoms with Crippen molar-refractivity contribution in [1.82, 2.24) is 10.6 Å². The minimum absolute atomic E-state index is 0. The highest BCUT2D eigenvalue weighted by Crippen LogP contribution is 2.18. The predicted molar refractivity (Wildman–Crippen MR) is 108 cm³/mol. The van der Waals surface area contributed by atoms with Gasteiger partial charge in [0, 0.05) is 12.6 Å². The van der Waals surface area contributed by atoms with Crippen LogP contribution in [-0.2, 0) is 19.7 Å². The molecule has 5 heteroatoms. The first kappa shape index (κ1) is 18.7. The summed E-state index contributed by atoms with van der Waals surface area (Å²) in [6.07, 6.45) is 2.42. The average molecular weight is 437 g/mol. The summed E-state index contributed by atoms with van der Waals surface area (Å²) in [5.74, 6) is 0.837. The molecule has 0 saturated heterocycles. The van der Waals surface area contributed by atoms with Crippen LogP contribution in [0.4, 0.5) is 0 Å². The van der Waals surface area contributed by atoms with Gasteiger partial charge in [-0.2, -0.15) is 0 Å². The van der Waals surface area contributed by atoms with Gasteiger partial charge in [-0.15, -0.1) is 24.0 Å². The van der Waals surface area contributed by atoms with E-state index < -0.39 is 0 Å². The second-order valence-corrected chi connectivity index (χ2v) is 5.85. The van der Waals surface area contributed by atoms with E-state index in [-0.39, 0.29) is 30.6 Å². The number of benzene rings is 2. The van der Waals surface area contributed by atoms with Crippen molar-refractivity contribution in [1.29, 1.82) is 0 Å². The second-order valence-electron chi connectivity index (χ2n) is 5.85. The minimum atomic E-state index is 0. The Bertz CT molecular complexity index is 657. The molecule has 2 aromatic rings. The number of nitrogens with zero attached hydrogens (tertiary/aromatic N) is 1. The van der Waals surface area contributed by atoms with Gasteiger partial charge in [0.15, 0.2) is 5.96 Å². The first-order valence-corrected chi connectivity index (χ1v) is 8.11. The van der Waals surface area contributed by atoms with Crippen molar-refractivity contribution in [2.75, 3.05) is 0 Å². The van der Waals surface area contributed by atoms with Crippen molar-refractivity contribution >= 4 is 29.9 Å². The Morgan fingerprint density at radius 2 is 1.67 bits per heavy atom. The molecule has 3 N–H and O–H groups in total. The van der Waals surface area contributed by atoms with E-state index in [1.54, 1.807) is 0 Å². The Labute approximate surface area is 160 Å². The molecule has 0 heterocycles. The van der Waals surface area contributed by atoms with Gasteiger partial charge in [-0.1, -0.05) is 54.6 Å². The van der Waals surface area contributed by atoms with E-state index in [4.69, 9.17) is 0 Å². The summed E-state index contributed by atoms with van der Waals surface area (Å²) in [5.41, 5.74) is 3.24. The molecule has 3 rings (SSSR count). The van der Waals surface area contributed by atoms with Crippen LogP contribution in [0.3, 0.4) is 0 Å². The monoisotopic (exact) mass is 437 g/mol. The molecule has 0 aromatic heterocycles. The lowest BCUT2D eigenvalue weighted by atomic mass is 10.1. The lowest BCUT2D eigenvalue weighted by Gasteiger charge is -2.14. The summed E-state index contributed by atoms with van der Waals surface area (Å²) in [4.78, 5) is 4.68. The van der Waals surface area contributed by atoms with Crippen LogP contribution in [0.2, 0.25) is 0 Å². The lowest BCUT2D eigenvalue weighted by Crippen LogP contribution is -2.38. The number of aliphatic hydroxyl groups excluding tert-OH is 1. The van der Waals surface area contributed by atoms with Crippen molar-refractivity contribution in [3.05, 3.63) is 71.3 Å². The molecule has 2 aromatic carbocycles. The highest BCUT2D eigenvalue weighted by Gasteiger charge is 2.22. The summed E-state index contributed by atoms with van der Waals surface area (Å²) in [6, 6.07) is 18.7. The van der Waals surface area contributed by atoms with Gasteiger partial charge in [-0.3, -0.25) is 0 Å². The Hall–Kier alpha value is -1.60. The third-order valence-corrected chi connectivity index (χ3v) is 3.92. The van der Waals surface area contributed by atoms with Gasteiger partial charge in [0.25, 0.3) is 0 Å². The summed E-state index contributed by atoms with van der Waals surface area (Å²) >= 11 is 0. The smallest absolute Gasteiger partial charge is 0.192 e. The van der Waals surface area contributed by atoms with Gasteiger partial charge in [0.2, 0.25) is 0 Å². The SMILES string of the molecule is I.OCc1ccccc1CNC(=NCc1ccccc1)NC1CC1. The van der Waals surface area contributed by atoms with Crippen LogP contribution in [0.5, 0.6) is 0 Å². The standard InChI is InChI=1S/C19H23N3O.HI/c23-14-17-9-5-4-8-16(17)13-21-19(22-18-10-11-18)20-12-15-6-2-1-3-7-15;/h1-9,18,23H,10-14H2,(H2,20,21,22);1H. The van der Waals surface area contributed by atoms with Crippen molar-refractivity contribution in [2.45, 2.75) is 38.6 Å². The van der Waals surface area contributed by atoms with Crippen molar-refractivity contribution in [3.63, 3.8) is 0 Å². The third kappa shape index (κ3) is 5.79. The van der Waals surface area contributed by atoms with Gasteiger partial charge < -0.3 is 15.7 Å². The maximum absolute atomic E-state index is 9.42. The molecule has 1 aliphatic carbocycles. The number of rotatable bonds is 6. The highest BCUT2D eigenvalue weighted by molar-refractivity contribution is 14.0. The zero-order valence-corrected chi connectivity index (χ0v) is 15.9. The third-order valence-electron chi connectivity index (χ3n) is 3.92. The van der Waals surface area contributed by atoms with E-state index in [1.807, 2.05) is 42.5 Å². The maximum Gasteiger partial charge on any atom is 0.192 e. The largest absolute Gasteiger partial charge is 0.392 e. The number of halogens is 1. The predicted octanol–water partition coefficient (Wildman–Crippen LogP) is 3.19. The van der Waals surface area contributed by atoms with Crippen LogP contribution in [0, 0.1) is 0 Å². The normalized spacial score (nSPS) is 14.0. The first-order chi connectivity index (χ1) is 11.3. The van der Waals surface area contributed by atoms with Gasteiger partial charge in [-0.05, 0) is 29.5 Å². The molecule has 1 fully saturated rings. The summed E-state index contributed by atoms with van der Waals surface area (Å²) in [6.45, 7) is 1.37. The number of hydrogen-bond donors (Lipinski definition) is 3.